The van der Waals surface area contributed by atoms with Crippen molar-refractivity contribution in [2.75, 3.05) is 0 Å². The van der Waals surface area contributed by atoms with Gasteiger partial charge in [-0.3, -0.25) is 0 Å². The average molecular weight is 236 g/mol. The van der Waals surface area contributed by atoms with Gasteiger partial charge in [0.25, 0.3) is 0 Å². The lowest BCUT2D eigenvalue weighted by atomic mass is 10.0. The van der Waals surface area contributed by atoms with Crippen molar-refractivity contribution in [3.63, 3.8) is 0 Å². The van der Waals surface area contributed by atoms with Gasteiger partial charge in [0.05, 0.1) is 0 Å². The van der Waals surface area contributed by atoms with E-state index >= 15 is 0 Å². The third-order valence-corrected chi connectivity index (χ3v) is 4.72. The van der Waals surface area contributed by atoms with Gasteiger partial charge in [-0.1, -0.05) is 36.4 Å². The molecular formula is C16H12S. The van der Waals surface area contributed by atoms with E-state index in [9.17, 15) is 0 Å². The summed E-state index contributed by atoms with van der Waals surface area (Å²) in [6.45, 7) is 4.47. The maximum Gasteiger partial charge on any atom is 0.0102 e. The van der Waals surface area contributed by atoms with Crippen LogP contribution in [0.2, 0.25) is 0 Å². The minimum absolute atomic E-state index is 1.36. The Morgan fingerprint density at radius 1 is 0.765 bits per heavy atom. The van der Waals surface area contributed by atoms with Gasteiger partial charge in [-0.25, -0.2) is 0 Å². The first-order chi connectivity index (χ1) is 8.27. The van der Waals surface area contributed by atoms with Crippen molar-refractivity contribution in [3.8, 4) is 22.3 Å². The van der Waals surface area contributed by atoms with Gasteiger partial charge in [0.15, 0.2) is 0 Å². The van der Waals surface area contributed by atoms with Crippen molar-refractivity contribution < 1.29 is 0 Å². The Hall–Kier alpha value is -1.60. The van der Waals surface area contributed by atoms with Crippen molar-refractivity contribution in [1.29, 1.82) is 0 Å². The minimum Gasteiger partial charge on any atom is -0.145 e. The molecule has 0 spiro atoms. The van der Waals surface area contributed by atoms with Crippen molar-refractivity contribution in [2.45, 2.75) is 13.8 Å². The van der Waals surface area contributed by atoms with Gasteiger partial charge in [-0.2, -0.15) is 0 Å². The van der Waals surface area contributed by atoms with Crippen LogP contribution in [0.4, 0.5) is 0 Å². The number of thiophene rings is 1. The number of benzene rings is 2. The van der Waals surface area contributed by atoms with Gasteiger partial charge in [0.1, 0.15) is 0 Å². The molecule has 0 radical (unpaired) electrons. The topological polar surface area (TPSA) is 0 Å². The normalized spacial score (nSPS) is 12.1. The Balaban J connectivity index is 2.31. The molecule has 0 bridgehead atoms. The van der Waals surface area contributed by atoms with E-state index in [2.05, 4.69) is 50.2 Å². The van der Waals surface area contributed by atoms with Crippen LogP contribution in [0.15, 0.2) is 36.4 Å². The summed E-state index contributed by atoms with van der Waals surface area (Å²) in [6.07, 6.45) is 0. The van der Waals surface area contributed by atoms with E-state index in [1.54, 1.807) is 0 Å². The SMILES string of the molecule is Cc1sc(C)c2c1-c1cccc3cccc-2c13. The van der Waals surface area contributed by atoms with E-state index in [1.807, 2.05) is 11.3 Å². The molecule has 0 fully saturated rings. The summed E-state index contributed by atoms with van der Waals surface area (Å²) in [4.78, 5) is 2.89. The molecule has 2 aromatic carbocycles. The fourth-order valence-electron chi connectivity index (χ4n) is 3.09. The molecule has 4 rings (SSSR count). The summed E-state index contributed by atoms with van der Waals surface area (Å²) in [5, 5.41) is 2.80. The van der Waals surface area contributed by atoms with E-state index in [0.29, 0.717) is 0 Å². The highest BCUT2D eigenvalue weighted by atomic mass is 32.1. The third-order valence-electron chi connectivity index (χ3n) is 3.70. The first kappa shape index (κ1) is 9.43. The average Bonchev–Trinajstić information content (AvgIpc) is 2.81. The standard InChI is InChI=1S/C16H12S/c1-9-14-12-7-3-5-11-6-4-8-13(16(11)12)15(14)10(2)17-9/h3-8H,1-2H3. The maximum atomic E-state index is 2.26. The van der Waals surface area contributed by atoms with Crippen molar-refractivity contribution in [1.82, 2.24) is 0 Å². The number of hydrogen-bond donors (Lipinski definition) is 0. The highest BCUT2D eigenvalue weighted by Gasteiger charge is 2.25. The lowest BCUT2D eigenvalue weighted by Crippen LogP contribution is -1.76. The second kappa shape index (κ2) is 2.99. The summed E-state index contributed by atoms with van der Waals surface area (Å²) in [5.41, 5.74) is 5.79. The van der Waals surface area contributed by atoms with Gasteiger partial charge in [-0.15, -0.1) is 11.3 Å². The Kier molecular flexibility index (Phi) is 1.66. The molecule has 0 N–H and O–H groups in total. The molecule has 1 aliphatic carbocycles. The van der Waals surface area contributed by atoms with E-state index in [1.165, 1.54) is 42.8 Å². The second-order valence-corrected chi connectivity index (χ2v) is 6.10. The van der Waals surface area contributed by atoms with Crippen LogP contribution in [0.25, 0.3) is 33.0 Å². The summed E-state index contributed by atoms with van der Waals surface area (Å²) in [6, 6.07) is 13.3. The Labute approximate surface area is 105 Å². The largest absolute Gasteiger partial charge is 0.145 e. The monoisotopic (exact) mass is 236 g/mol. The minimum atomic E-state index is 1.36. The molecule has 1 heteroatoms. The van der Waals surface area contributed by atoms with E-state index < -0.39 is 0 Å². The third kappa shape index (κ3) is 1.03. The summed E-state index contributed by atoms with van der Waals surface area (Å²) in [5.74, 6) is 0. The molecule has 1 aromatic heterocycles. The highest BCUT2D eigenvalue weighted by Crippen LogP contribution is 2.52. The van der Waals surface area contributed by atoms with E-state index in [0.717, 1.165) is 0 Å². The van der Waals surface area contributed by atoms with Gasteiger partial charge in [0.2, 0.25) is 0 Å². The molecule has 1 aliphatic rings. The van der Waals surface area contributed by atoms with Crippen LogP contribution >= 0.6 is 11.3 Å². The van der Waals surface area contributed by atoms with Crippen molar-refractivity contribution >= 4 is 22.1 Å². The van der Waals surface area contributed by atoms with Gasteiger partial charge in [-0.05, 0) is 35.7 Å². The first-order valence-electron chi connectivity index (χ1n) is 5.90. The zero-order valence-corrected chi connectivity index (χ0v) is 10.7. The van der Waals surface area contributed by atoms with Crippen LogP contribution in [0.5, 0.6) is 0 Å². The maximum absolute atomic E-state index is 2.26. The fourth-order valence-corrected chi connectivity index (χ4v) is 4.18. The van der Waals surface area contributed by atoms with Gasteiger partial charge >= 0.3 is 0 Å². The second-order valence-electron chi connectivity index (χ2n) is 4.67. The lowest BCUT2D eigenvalue weighted by molar-refractivity contribution is 1.61. The van der Waals surface area contributed by atoms with Gasteiger partial charge in [0, 0.05) is 20.9 Å². The summed E-state index contributed by atoms with van der Waals surface area (Å²) < 4.78 is 0. The number of aryl methyl sites for hydroxylation is 2. The van der Waals surface area contributed by atoms with Crippen LogP contribution in [-0.4, -0.2) is 0 Å². The Morgan fingerprint density at radius 2 is 1.29 bits per heavy atom. The molecule has 0 nitrogen and oxygen atoms in total. The Morgan fingerprint density at radius 3 is 1.82 bits per heavy atom. The zero-order chi connectivity index (χ0) is 11.6. The van der Waals surface area contributed by atoms with Crippen LogP contribution in [0.3, 0.4) is 0 Å². The predicted octanol–water partition coefficient (Wildman–Crippen LogP) is 5.17. The molecule has 0 saturated heterocycles. The zero-order valence-electron chi connectivity index (χ0n) is 9.87. The molecule has 0 amide bonds. The highest BCUT2D eigenvalue weighted by molar-refractivity contribution is 7.13. The molecule has 0 unspecified atom stereocenters. The molecule has 17 heavy (non-hydrogen) atoms. The molecule has 82 valence electrons. The van der Waals surface area contributed by atoms with Crippen molar-refractivity contribution in [3.05, 3.63) is 46.2 Å². The summed E-state index contributed by atoms with van der Waals surface area (Å²) in [7, 11) is 0. The molecule has 0 atom stereocenters. The molecular weight excluding hydrogens is 224 g/mol. The van der Waals surface area contributed by atoms with Gasteiger partial charge < -0.3 is 0 Å². The quantitative estimate of drug-likeness (QED) is 0.395. The molecule has 0 aliphatic heterocycles. The van der Waals surface area contributed by atoms with Crippen LogP contribution in [-0.2, 0) is 0 Å². The van der Waals surface area contributed by atoms with Crippen LogP contribution < -0.4 is 0 Å². The summed E-state index contributed by atoms with van der Waals surface area (Å²) >= 11 is 1.92. The van der Waals surface area contributed by atoms with E-state index in [4.69, 9.17) is 0 Å². The smallest absolute Gasteiger partial charge is 0.0102 e. The first-order valence-corrected chi connectivity index (χ1v) is 6.71. The molecule has 3 aromatic rings. The fraction of sp³-hybridized carbons (Fsp3) is 0.125. The van der Waals surface area contributed by atoms with Crippen molar-refractivity contribution in [2.24, 2.45) is 0 Å². The lowest BCUT2D eigenvalue weighted by Gasteiger charge is -2.02. The van der Waals surface area contributed by atoms with E-state index in [-0.39, 0.29) is 0 Å². The number of hydrogen-bond acceptors (Lipinski definition) is 1. The number of fused-ring (bicyclic) bond motifs is 3. The predicted molar refractivity (Wildman–Crippen MR) is 75.7 cm³/mol. The number of rotatable bonds is 0. The Bertz CT molecular complexity index is 703. The molecule has 1 heterocycles. The van der Waals surface area contributed by atoms with Crippen LogP contribution in [0, 0.1) is 13.8 Å². The molecule has 0 saturated carbocycles. The van der Waals surface area contributed by atoms with Crippen LogP contribution in [0.1, 0.15) is 9.75 Å².